The van der Waals surface area contributed by atoms with E-state index < -0.39 is 139 Å². The van der Waals surface area contributed by atoms with E-state index in [1.54, 1.807) is 121 Å². The second-order valence-corrected chi connectivity index (χ2v) is 44.0. The van der Waals surface area contributed by atoms with E-state index in [1.165, 1.54) is 92.7 Å². The molecule has 0 fully saturated rings. The van der Waals surface area contributed by atoms with Crippen LogP contribution in [0.25, 0.3) is 6.08 Å². The van der Waals surface area contributed by atoms with Crippen LogP contribution in [0.3, 0.4) is 0 Å². The molecule has 0 bridgehead atoms. The van der Waals surface area contributed by atoms with Crippen molar-refractivity contribution in [1.29, 1.82) is 0 Å². The average molecular weight is 2220 g/mol. The molecule has 672 valence electrons. The molecule has 2 N–H and O–H groups in total. The van der Waals surface area contributed by atoms with Crippen molar-refractivity contribution in [3.63, 3.8) is 0 Å². The molecular weight excluding hydrogens is 2140 g/mol. The second-order valence-electron chi connectivity index (χ2n) is 20.9. The minimum absolute atomic E-state index is 0. The molecule has 0 aliphatic carbocycles. The summed E-state index contributed by atoms with van der Waals surface area (Å²) in [6, 6.07) is 65.8. The van der Waals surface area contributed by atoms with Crippen molar-refractivity contribution in [1.82, 2.24) is 0 Å². The Bertz CT molecular complexity index is 4850. The summed E-state index contributed by atoms with van der Waals surface area (Å²) in [4.78, 5) is 0. The van der Waals surface area contributed by atoms with Crippen molar-refractivity contribution in [2.75, 3.05) is 0 Å². The third-order valence-electron chi connectivity index (χ3n) is 13.2. The molecule has 0 saturated carbocycles. The molecule has 0 amide bonds. The zero-order valence-corrected chi connectivity index (χ0v) is 83.3. The standard InChI is InChI=1S/C33H33O7S.2C10H14.C8H8.CBr4.2CH4.2K.2H2O8S2.H2O4S.O3S2.3O3S/c34-29(25-13-5-1-6-14-25)21-33(22-30(35)26-15-7-2-8-16-26,23-31(36)27-17-9-3-10-18-27)24-32(40-41(37,38)39)28-19-11-4-12-20-28;2*1-3-9(2)10-7-5-4-6-8-10;1-2-8-6-4-3-5-7-8;2-1(3,4)5;;;;;2*1-6-8-10(5,7-2)9(3)4;1-5(2,3)4;1-4-5(2)3;3*1-4(2)3/h1-20,29-32H,21-24H2,(H,37,38,39);2*4-9H,3H2,1-2H3;2-7H,1H2;;2*1H4;;;2*1-2H;(H2,1,2,3,4);;;;/q-3;;;;;;;;;;;;;;;/p-5. The van der Waals surface area contributed by atoms with Gasteiger partial charge in [-0.25, -0.2) is 12.6 Å². The van der Waals surface area contributed by atoms with Gasteiger partial charge in [-0.05, 0) is 122 Å². The van der Waals surface area contributed by atoms with Gasteiger partial charge in [0.25, 0.3) is 0 Å². The van der Waals surface area contributed by atoms with Crippen LogP contribution in [0.1, 0.15) is 156 Å². The van der Waals surface area contributed by atoms with Gasteiger partial charge in [0.2, 0.25) is 20.6 Å². The van der Waals surface area contributed by atoms with Gasteiger partial charge in [0.1, 0.15) is 6.10 Å². The normalized spacial score (nSPS) is 12.9. The van der Waals surface area contributed by atoms with Gasteiger partial charge >= 0.3 is 151 Å². The number of rotatable bonds is 25. The van der Waals surface area contributed by atoms with E-state index in [4.69, 9.17) is 82.7 Å². The van der Waals surface area contributed by atoms with Gasteiger partial charge in [-0.3, -0.25) is 19.2 Å². The molecule has 120 heavy (non-hydrogen) atoms. The van der Waals surface area contributed by atoms with E-state index in [2.05, 4.69) is 186 Å². The Kier molecular flexibility index (Phi) is 87.0. The number of hydrogen-bond acceptors (Lipinski definition) is 37. The van der Waals surface area contributed by atoms with Crippen LogP contribution in [0.5, 0.6) is 0 Å². The van der Waals surface area contributed by atoms with Crippen molar-refractivity contribution >= 4 is 242 Å². The Balaban J connectivity index is -0.000000217. The molecule has 0 spiro atoms. The first kappa shape index (κ1) is 133. The predicted octanol–water partition coefficient (Wildman–Crippen LogP) is 4.62. The third kappa shape index (κ3) is 81.1. The number of benzene rings is 7. The minimum atomic E-state index is -4.92. The van der Waals surface area contributed by atoms with Crippen LogP contribution >= 0.6 is 63.7 Å². The molecule has 0 saturated heterocycles. The maximum absolute atomic E-state index is 13.8. The van der Waals surface area contributed by atoms with E-state index in [1.807, 2.05) is 36.4 Å². The Morgan fingerprint density at radius 3 is 0.792 bits per heavy atom. The monoisotopic (exact) mass is 2220 g/mol. The summed E-state index contributed by atoms with van der Waals surface area (Å²) in [5.74, 6) is 1.42. The van der Waals surface area contributed by atoms with Gasteiger partial charge in [0.05, 0.1) is 0 Å². The van der Waals surface area contributed by atoms with E-state index in [0.717, 1.165) is 0 Å². The SMILES string of the molecule is BrC(Br)(Br)Br.C.C.C=Cc1ccccc1.CCC(C)c1ccccc1.CCC(C)c1ccccc1.O=S(=O)(O)OC(CC(CC([O-])c1ccccc1)(CC([O-])c1ccccc1)CC([O-])c1ccccc1)c1ccccc1.O=S(=O)([O-])O.O=S(=O)=O.O=S(=O)=O.O=S(=O)=O.O=S(=O)=S(=O)(O[O-])OO[O-].O=S(=O)=S(=O)(O[O-])OO[O-].O=S=S(=O)=O.[K][K]. The molecule has 7 rings (SSSR count). The van der Waals surface area contributed by atoms with Crippen LogP contribution in [0, 0.1) is 5.41 Å². The van der Waals surface area contributed by atoms with E-state index in [-0.39, 0.29) is 41.6 Å². The van der Waals surface area contributed by atoms with Crippen molar-refractivity contribution < 1.29 is 174 Å². The van der Waals surface area contributed by atoms with E-state index >= 15 is 0 Å². The number of hydrogen-bond donors (Lipinski definition) is 2. The zero-order valence-electron chi connectivity index (χ0n) is 61.7. The molecule has 8 unspecified atom stereocenters. The van der Waals surface area contributed by atoms with Crippen molar-refractivity contribution in [3.8, 4) is 0 Å². The van der Waals surface area contributed by atoms with Crippen molar-refractivity contribution in [2.45, 2.75) is 118 Å². The molecule has 7 aromatic rings. The first-order valence-corrected chi connectivity index (χ1v) is 64.7. The number of alkyl halides is 4. The Morgan fingerprint density at radius 2 is 0.642 bits per heavy atom. The van der Waals surface area contributed by atoms with Crippen LogP contribution in [-0.2, 0) is 140 Å². The summed E-state index contributed by atoms with van der Waals surface area (Å²) in [5.41, 5.74) is 4.72. The fourth-order valence-electron chi connectivity index (χ4n) is 8.26. The van der Waals surface area contributed by atoms with Crippen LogP contribution in [0.15, 0.2) is 219 Å². The maximum atomic E-state index is 13.8. The molecule has 7 aromatic carbocycles. The van der Waals surface area contributed by atoms with Crippen LogP contribution < -0.4 is 36.3 Å². The quantitative estimate of drug-likeness (QED) is 0.0197. The van der Waals surface area contributed by atoms with Gasteiger partial charge < -0.3 is 49.6 Å². The molecule has 39 nitrogen and oxygen atoms in total. The summed E-state index contributed by atoms with van der Waals surface area (Å²) < 4.78 is 245. The van der Waals surface area contributed by atoms with Gasteiger partial charge in [-0.1, -0.05) is 322 Å². The molecule has 8 atom stereocenters. The molecular formula is C64H78Br4K2O39S11-8. The van der Waals surface area contributed by atoms with Crippen LogP contribution in [-0.4, -0.2) is 170 Å². The van der Waals surface area contributed by atoms with Crippen molar-refractivity contribution in [2.24, 2.45) is 5.41 Å². The molecule has 0 heterocycles. The molecule has 0 aliphatic heterocycles. The summed E-state index contributed by atoms with van der Waals surface area (Å²) in [6.45, 7) is 12.6. The summed E-state index contributed by atoms with van der Waals surface area (Å²) in [7, 11) is -38.4. The van der Waals surface area contributed by atoms with Crippen LogP contribution in [0.2, 0.25) is 0 Å². The fraction of sp³-hybridized carbons (Fsp3) is 0.312. The Morgan fingerprint density at radius 1 is 0.442 bits per heavy atom. The van der Waals surface area contributed by atoms with Gasteiger partial charge in [0, 0.05) is 0 Å². The first-order chi connectivity index (χ1) is 54.9. The Labute approximate surface area is 785 Å². The van der Waals surface area contributed by atoms with E-state index in [9.17, 15) is 64.1 Å². The third-order valence-corrected chi connectivity index (χ3v) is 18.2. The molecule has 0 aromatic heterocycles. The first-order valence-electron chi connectivity index (χ1n) is 31.5. The predicted molar refractivity (Wildman–Crippen MR) is 440 cm³/mol. The van der Waals surface area contributed by atoms with E-state index in [0.29, 0.717) is 34.1 Å². The van der Waals surface area contributed by atoms with Crippen molar-refractivity contribution in [3.05, 3.63) is 258 Å². The average Bonchev–Trinajstić information content (AvgIpc) is 0.793. The van der Waals surface area contributed by atoms with Gasteiger partial charge in [0.15, 0.2) is 1.05 Å². The zero-order chi connectivity index (χ0) is 92.3. The van der Waals surface area contributed by atoms with Crippen LogP contribution in [0.4, 0.5) is 0 Å². The van der Waals surface area contributed by atoms with Gasteiger partial charge in [-0.15, -0.1) is 46.5 Å². The van der Waals surface area contributed by atoms with Gasteiger partial charge in [-0.2, -0.15) is 46.3 Å². The summed E-state index contributed by atoms with van der Waals surface area (Å²) in [6.07, 6.45) is -1.36. The molecule has 0 aliphatic rings. The second kappa shape index (κ2) is 78.6. The summed E-state index contributed by atoms with van der Waals surface area (Å²) >= 11 is 15.0. The fourth-order valence-corrected chi connectivity index (χ4v) is 9.77. The molecule has 0 radical (unpaired) electrons. The topological polar surface area (TPSA) is 665 Å². The number of halogens is 4. The summed E-state index contributed by atoms with van der Waals surface area (Å²) in [5, 5.41) is 82.7. The molecule has 56 heteroatoms. The Hall–Kier alpha value is -2.67.